The van der Waals surface area contributed by atoms with Gasteiger partial charge in [0.15, 0.2) is 0 Å². The molecule has 1 saturated heterocycles. The van der Waals surface area contributed by atoms with Gasteiger partial charge in [-0.15, -0.1) is 0 Å². The van der Waals surface area contributed by atoms with Crippen LogP contribution in [0.15, 0.2) is 24.3 Å². The van der Waals surface area contributed by atoms with Crippen LogP contribution in [0.4, 0.5) is 10.5 Å². The number of carbonyl (C=O) groups is 2. The number of ether oxygens (including phenoxy) is 1. The summed E-state index contributed by atoms with van der Waals surface area (Å²) in [5.41, 5.74) is 0.687. The largest absolute Gasteiger partial charge is 0.497 e. The standard InChI is InChI=1S/C18H27N3O3/c1-13(2)20(3)17(22)14-7-6-10-21(12-14)18(23)19-15-8-5-9-16(11-15)24-4/h5,8-9,11,13-14H,6-7,10,12H2,1-4H3,(H,19,23)/t14-/m1/s1. The van der Waals surface area contributed by atoms with Crippen molar-refractivity contribution in [2.45, 2.75) is 32.7 Å². The van der Waals surface area contributed by atoms with Gasteiger partial charge >= 0.3 is 6.03 Å². The molecule has 1 aromatic rings. The average Bonchev–Trinajstić information content (AvgIpc) is 2.60. The van der Waals surface area contributed by atoms with E-state index in [0.717, 1.165) is 12.8 Å². The second-order valence-corrected chi connectivity index (χ2v) is 6.49. The van der Waals surface area contributed by atoms with E-state index in [0.29, 0.717) is 24.5 Å². The van der Waals surface area contributed by atoms with Crippen LogP contribution in [0.25, 0.3) is 0 Å². The maximum atomic E-state index is 12.5. The third-order valence-electron chi connectivity index (χ3n) is 4.50. The molecule has 0 unspecified atom stereocenters. The normalized spacial score (nSPS) is 17.5. The first kappa shape index (κ1) is 18.1. The molecule has 0 radical (unpaired) electrons. The fraction of sp³-hybridized carbons (Fsp3) is 0.556. The summed E-state index contributed by atoms with van der Waals surface area (Å²) in [5.74, 6) is 0.684. The molecule has 0 saturated carbocycles. The van der Waals surface area contributed by atoms with Gasteiger partial charge in [0.2, 0.25) is 5.91 Å². The van der Waals surface area contributed by atoms with E-state index >= 15 is 0 Å². The number of benzene rings is 1. The van der Waals surface area contributed by atoms with Crippen LogP contribution in [0.2, 0.25) is 0 Å². The van der Waals surface area contributed by atoms with Crippen LogP contribution >= 0.6 is 0 Å². The third kappa shape index (κ3) is 4.40. The number of carbonyl (C=O) groups excluding carboxylic acids is 2. The van der Waals surface area contributed by atoms with Gasteiger partial charge in [-0.1, -0.05) is 6.07 Å². The van der Waals surface area contributed by atoms with Crippen LogP contribution in [-0.4, -0.2) is 55.0 Å². The zero-order chi connectivity index (χ0) is 17.7. The highest BCUT2D eigenvalue weighted by Gasteiger charge is 2.30. The average molecular weight is 333 g/mol. The molecule has 24 heavy (non-hydrogen) atoms. The fourth-order valence-corrected chi connectivity index (χ4v) is 2.81. The number of urea groups is 1. The monoisotopic (exact) mass is 333 g/mol. The summed E-state index contributed by atoms with van der Waals surface area (Å²) in [7, 11) is 3.41. The maximum absolute atomic E-state index is 12.5. The van der Waals surface area contributed by atoms with Gasteiger partial charge < -0.3 is 19.9 Å². The molecule has 1 aromatic carbocycles. The number of nitrogens with zero attached hydrogens (tertiary/aromatic N) is 2. The number of amides is 3. The highest BCUT2D eigenvalue weighted by molar-refractivity contribution is 5.90. The Morgan fingerprint density at radius 1 is 1.38 bits per heavy atom. The Labute approximate surface area is 143 Å². The Morgan fingerprint density at radius 3 is 2.79 bits per heavy atom. The van der Waals surface area contributed by atoms with Crippen LogP contribution in [0.5, 0.6) is 5.75 Å². The summed E-state index contributed by atoms with van der Waals surface area (Å²) in [6, 6.07) is 7.24. The van der Waals surface area contributed by atoms with E-state index in [4.69, 9.17) is 4.74 Å². The molecule has 1 aliphatic heterocycles. The molecule has 0 spiro atoms. The molecule has 132 valence electrons. The van der Waals surface area contributed by atoms with Crippen molar-refractivity contribution in [3.63, 3.8) is 0 Å². The van der Waals surface area contributed by atoms with Crippen molar-refractivity contribution < 1.29 is 14.3 Å². The fourth-order valence-electron chi connectivity index (χ4n) is 2.81. The SMILES string of the molecule is COc1cccc(NC(=O)N2CCC[C@@H](C(=O)N(C)C(C)C)C2)c1. The summed E-state index contributed by atoms with van der Waals surface area (Å²) in [5, 5.41) is 2.88. The second kappa shape index (κ2) is 8.04. The Hall–Kier alpha value is -2.24. The molecule has 1 heterocycles. The smallest absolute Gasteiger partial charge is 0.321 e. The van der Waals surface area contributed by atoms with Crippen molar-refractivity contribution in [1.82, 2.24) is 9.80 Å². The van der Waals surface area contributed by atoms with E-state index < -0.39 is 0 Å². The van der Waals surface area contributed by atoms with Crippen molar-refractivity contribution in [2.24, 2.45) is 5.92 Å². The molecular weight excluding hydrogens is 306 g/mol. The van der Waals surface area contributed by atoms with Crippen LogP contribution in [0.3, 0.4) is 0 Å². The molecule has 0 bridgehead atoms. The van der Waals surface area contributed by atoms with Crippen molar-refractivity contribution in [1.29, 1.82) is 0 Å². The first-order valence-corrected chi connectivity index (χ1v) is 8.39. The van der Waals surface area contributed by atoms with Crippen LogP contribution in [-0.2, 0) is 4.79 Å². The molecule has 1 N–H and O–H groups in total. The van der Waals surface area contributed by atoms with Gasteiger partial charge in [0, 0.05) is 37.9 Å². The predicted octanol–water partition coefficient (Wildman–Crippen LogP) is 2.81. The van der Waals surface area contributed by atoms with Crippen LogP contribution in [0, 0.1) is 5.92 Å². The van der Waals surface area contributed by atoms with Crippen molar-refractivity contribution in [3.8, 4) is 5.75 Å². The Bertz CT molecular complexity index is 589. The molecule has 1 atom stereocenters. The highest BCUT2D eigenvalue weighted by Crippen LogP contribution is 2.21. The topological polar surface area (TPSA) is 61.9 Å². The highest BCUT2D eigenvalue weighted by atomic mass is 16.5. The van der Waals surface area contributed by atoms with Gasteiger partial charge in [0.25, 0.3) is 0 Å². The summed E-state index contributed by atoms with van der Waals surface area (Å²) in [6.07, 6.45) is 1.67. The van der Waals surface area contributed by atoms with Gasteiger partial charge in [-0.3, -0.25) is 4.79 Å². The quantitative estimate of drug-likeness (QED) is 0.921. The maximum Gasteiger partial charge on any atom is 0.321 e. The van der Waals surface area contributed by atoms with E-state index in [1.165, 1.54) is 0 Å². The van der Waals surface area contributed by atoms with Gasteiger partial charge in [-0.05, 0) is 38.8 Å². The summed E-state index contributed by atoms with van der Waals surface area (Å²) >= 11 is 0. The predicted molar refractivity (Wildman–Crippen MR) is 94.2 cm³/mol. The van der Waals surface area contributed by atoms with Crippen molar-refractivity contribution in [2.75, 3.05) is 32.6 Å². The number of piperidine rings is 1. The second-order valence-electron chi connectivity index (χ2n) is 6.49. The van der Waals surface area contributed by atoms with Gasteiger partial charge in [0.05, 0.1) is 13.0 Å². The molecule has 2 rings (SSSR count). The Morgan fingerprint density at radius 2 is 2.12 bits per heavy atom. The number of likely N-dealkylation sites (tertiary alicyclic amines) is 1. The van der Waals surface area contributed by atoms with Crippen LogP contribution < -0.4 is 10.1 Å². The molecule has 1 fully saturated rings. The Kier molecular flexibility index (Phi) is 6.06. The Balaban J connectivity index is 1.98. The van der Waals surface area contributed by atoms with E-state index in [1.54, 1.807) is 23.0 Å². The minimum Gasteiger partial charge on any atom is -0.497 e. The summed E-state index contributed by atoms with van der Waals surface area (Å²) in [6.45, 7) is 5.12. The van der Waals surface area contributed by atoms with E-state index in [2.05, 4.69) is 5.32 Å². The number of anilines is 1. The molecule has 0 aliphatic carbocycles. The third-order valence-corrected chi connectivity index (χ3v) is 4.50. The minimum absolute atomic E-state index is 0.115. The molecule has 3 amide bonds. The van der Waals surface area contributed by atoms with Gasteiger partial charge in [-0.2, -0.15) is 0 Å². The molecule has 0 aromatic heterocycles. The minimum atomic E-state index is -0.173. The van der Waals surface area contributed by atoms with Gasteiger partial charge in [-0.25, -0.2) is 4.79 Å². The zero-order valence-corrected chi connectivity index (χ0v) is 14.9. The number of nitrogens with one attached hydrogen (secondary N) is 1. The summed E-state index contributed by atoms with van der Waals surface area (Å²) in [4.78, 5) is 28.5. The van der Waals surface area contributed by atoms with E-state index in [-0.39, 0.29) is 23.9 Å². The number of methoxy groups -OCH3 is 1. The lowest BCUT2D eigenvalue weighted by Crippen LogP contribution is -2.48. The van der Waals surface area contributed by atoms with E-state index in [9.17, 15) is 9.59 Å². The van der Waals surface area contributed by atoms with Crippen molar-refractivity contribution >= 4 is 17.6 Å². The lowest BCUT2D eigenvalue weighted by molar-refractivity contribution is -0.137. The van der Waals surface area contributed by atoms with E-state index in [1.807, 2.05) is 39.1 Å². The molecule has 1 aliphatic rings. The molecule has 6 heteroatoms. The number of hydrogen-bond donors (Lipinski definition) is 1. The first-order chi connectivity index (χ1) is 11.4. The van der Waals surface area contributed by atoms with Gasteiger partial charge in [0.1, 0.15) is 5.75 Å². The number of hydrogen-bond acceptors (Lipinski definition) is 3. The lowest BCUT2D eigenvalue weighted by atomic mass is 9.96. The number of rotatable bonds is 4. The first-order valence-electron chi connectivity index (χ1n) is 8.39. The summed E-state index contributed by atoms with van der Waals surface area (Å²) < 4.78 is 5.16. The van der Waals surface area contributed by atoms with Crippen molar-refractivity contribution in [3.05, 3.63) is 24.3 Å². The lowest BCUT2D eigenvalue weighted by Gasteiger charge is -2.35. The zero-order valence-electron chi connectivity index (χ0n) is 14.9. The molecule has 6 nitrogen and oxygen atoms in total. The van der Waals surface area contributed by atoms with Crippen LogP contribution in [0.1, 0.15) is 26.7 Å². The molecular formula is C18H27N3O3.